The third kappa shape index (κ3) is 2.06. The number of fused-ring (bicyclic) bond motifs is 1. The van der Waals surface area contributed by atoms with Crippen LogP contribution in [0.3, 0.4) is 0 Å². The van der Waals surface area contributed by atoms with Crippen molar-refractivity contribution in [3.05, 3.63) is 53.1 Å². The molecular formula is C13H8BClNO. The van der Waals surface area contributed by atoms with E-state index in [1.165, 1.54) is 0 Å². The molecule has 0 aromatic heterocycles. The van der Waals surface area contributed by atoms with Gasteiger partial charge in [0.25, 0.3) is 0 Å². The van der Waals surface area contributed by atoms with Crippen molar-refractivity contribution >= 4 is 30.7 Å². The molecule has 2 aromatic rings. The van der Waals surface area contributed by atoms with E-state index in [2.05, 4.69) is 4.90 Å². The fourth-order valence-electron chi connectivity index (χ4n) is 1.70. The Morgan fingerprint density at radius 2 is 2.00 bits per heavy atom. The maximum atomic E-state index is 6.03. The van der Waals surface area contributed by atoms with Gasteiger partial charge < -0.3 is 9.64 Å². The van der Waals surface area contributed by atoms with Gasteiger partial charge in [-0.3, -0.25) is 0 Å². The summed E-state index contributed by atoms with van der Waals surface area (Å²) < 4.78 is 5.73. The Bertz CT molecular complexity index is 598. The highest BCUT2D eigenvalue weighted by atomic mass is 35.5. The number of nitrogens with zero attached hydrogens (tertiary/aromatic N) is 1. The van der Waals surface area contributed by atoms with E-state index in [4.69, 9.17) is 16.3 Å². The number of benzene rings is 2. The second kappa shape index (κ2) is 4.26. The van der Waals surface area contributed by atoms with Gasteiger partial charge >= 0.3 is 7.41 Å². The van der Waals surface area contributed by atoms with Gasteiger partial charge in [0.05, 0.1) is 5.02 Å². The van der Waals surface area contributed by atoms with E-state index in [1.807, 2.05) is 50.0 Å². The minimum absolute atomic E-state index is 0.605. The van der Waals surface area contributed by atoms with Crippen molar-refractivity contribution in [2.24, 2.45) is 4.90 Å². The predicted octanol–water partition coefficient (Wildman–Crippen LogP) is 2.81. The number of ether oxygens (including phenoxy) is 1. The largest absolute Gasteiger partial charge is 0.456 e. The number of para-hydroxylation sites is 1. The number of hydrogen-bond donors (Lipinski definition) is 0. The van der Waals surface area contributed by atoms with E-state index in [-0.39, 0.29) is 0 Å². The van der Waals surface area contributed by atoms with Gasteiger partial charge in [0.15, 0.2) is 0 Å². The van der Waals surface area contributed by atoms with Crippen LogP contribution in [-0.4, -0.2) is 13.6 Å². The Morgan fingerprint density at radius 1 is 1.12 bits per heavy atom. The Morgan fingerprint density at radius 3 is 2.88 bits per heavy atom. The van der Waals surface area contributed by atoms with Crippen molar-refractivity contribution in [3.8, 4) is 11.5 Å². The monoisotopic (exact) mass is 240 g/mol. The first-order valence-electron chi connectivity index (χ1n) is 5.26. The van der Waals surface area contributed by atoms with Crippen LogP contribution in [-0.2, 0) is 0 Å². The van der Waals surface area contributed by atoms with Gasteiger partial charge in [0.2, 0.25) is 0 Å². The molecule has 0 N–H and O–H groups in total. The van der Waals surface area contributed by atoms with Crippen LogP contribution < -0.4 is 10.2 Å². The van der Waals surface area contributed by atoms with Crippen LogP contribution in [0, 0.1) is 0 Å². The lowest BCUT2D eigenvalue weighted by Crippen LogP contribution is -2.11. The minimum Gasteiger partial charge on any atom is -0.456 e. The summed E-state index contributed by atoms with van der Waals surface area (Å²) in [4.78, 5) is 4.09. The maximum absolute atomic E-state index is 6.03. The van der Waals surface area contributed by atoms with Crippen LogP contribution in [0.25, 0.3) is 0 Å². The van der Waals surface area contributed by atoms with Crippen LogP contribution in [0.2, 0.25) is 5.02 Å². The van der Waals surface area contributed by atoms with Crippen molar-refractivity contribution in [2.75, 3.05) is 0 Å². The highest BCUT2D eigenvalue weighted by Crippen LogP contribution is 2.28. The van der Waals surface area contributed by atoms with E-state index in [9.17, 15) is 0 Å². The first-order valence-corrected chi connectivity index (χ1v) is 5.63. The normalized spacial score (nSPS) is 12.1. The van der Waals surface area contributed by atoms with Crippen molar-refractivity contribution in [1.82, 2.24) is 0 Å². The summed E-state index contributed by atoms with van der Waals surface area (Å²) in [5.74, 6) is 1.42. The van der Waals surface area contributed by atoms with Crippen molar-refractivity contribution < 1.29 is 4.74 Å². The average Bonchev–Trinajstić information content (AvgIpc) is 2.79. The molecule has 1 heterocycles. The molecule has 0 spiro atoms. The topological polar surface area (TPSA) is 21.6 Å². The molecule has 0 unspecified atom stereocenters. The zero-order valence-electron chi connectivity index (χ0n) is 8.93. The quantitative estimate of drug-likeness (QED) is 0.740. The van der Waals surface area contributed by atoms with E-state index in [0.29, 0.717) is 10.8 Å². The molecule has 0 bridgehead atoms. The van der Waals surface area contributed by atoms with Gasteiger partial charge in [0.1, 0.15) is 11.5 Å². The van der Waals surface area contributed by atoms with Crippen LogP contribution in [0.1, 0.15) is 5.56 Å². The molecule has 4 heteroatoms. The summed E-state index contributed by atoms with van der Waals surface area (Å²) in [5.41, 5.74) is 2.17. The molecule has 0 atom stereocenters. The molecule has 0 amide bonds. The molecule has 0 saturated carbocycles. The maximum Gasteiger partial charge on any atom is 0.312 e. The third-order valence-electron chi connectivity index (χ3n) is 2.55. The molecule has 3 rings (SSSR count). The highest BCUT2D eigenvalue weighted by Gasteiger charge is 2.10. The van der Waals surface area contributed by atoms with E-state index >= 15 is 0 Å². The van der Waals surface area contributed by atoms with Crippen molar-refractivity contribution in [3.63, 3.8) is 0 Å². The van der Waals surface area contributed by atoms with Gasteiger partial charge in [-0.15, -0.1) is 0 Å². The molecule has 17 heavy (non-hydrogen) atoms. The molecule has 2 nitrogen and oxygen atoms in total. The van der Waals surface area contributed by atoms with E-state index in [0.717, 1.165) is 16.8 Å². The molecule has 1 radical (unpaired) electrons. The zero-order chi connectivity index (χ0) is 11.7. The van der Waals surface area contributed by atoms with Gasteiger partial charge in [-0.1, -0.05) is 29.8 Å². The SMILES string of the molecule is Clc1ccccc1Oc1ccc2c(c1)[B]N=C2. The summed E-state index contributed by atoms with van der Waals surface area (Å²) in [7, 11) is 1.81. The smallest absolute Gasteiger partial charge is 0.312 e. The summed E-state index contributed by atoms with van der Waals surface area (Å²) in [6, 6.07) is 13.3. The molecule has 2 aromatic carbocycles. The van der Waals surface area contributed by atoms with E-state index in [1.54, 1.807) is 6.07 Å². The Labute approximate surface area is 105 Å². The highest BCUT2D eigenvalue weighted by molar-refractivity contribution is 6.57. The lowest BCUT2D eigenvalue weighted by Gasteiger charge is -2.08. The average molecular weight is 240 g/mol. The summed E-state index contributed by atoms with van der Waals surface area (Å²) in [5, 5.41) is 0.605. The number of halogens is 1. The third-order valence-corrected chi connectivity index (χ3v) is 2.86. The first-order chi connectivity index (χ1) is 8.33. The first kappa shape index (κ1) is 10.4. The van der Waals surface area contributed by atoms with Crippen LogP contribution in [0.5, 0.6) is 11.5 Å². The number of hydrogen-bond acceptors (Lipinski definition) is 2. The molecule has 0 fully saturated rings. The van der Waals surface area contributed by atoms with E-state index < -0.39 is 0 Å². The summed E-state index contributed by atoms with van der Waals surface area (Å²) in [6.07, 6.45) is 1.83. The standard InChI is InChI=1S/C13H8BClNO/c15-12-3-1-2-4-13(12)17-10-6-5-9-8-16-14-11(9)7-10/h1-8H. The Balaban J connectivity index is 1.90. The fraction of sp³-hybridized carbons (Fsp3) is 0. The predicted molar refractivity (Wildman–Crippen MR) is 71.0 cm³/mol. The lowest BCUT2D eigenvalue weighted by molar-refractivity contribution is 0.483. The summed E-state index contributed by atoms with van der Waals surface area (Å²) in [6.45, 7) is 0. The Hall–Kier alpha value is -1.74. The van der Waals surface area contributed by atoms with Gasteiger partial charge in [-0.25, -0.2) is 0 Å². The second-order valence-electron chi connectivity index (χ2n) is 3.73. The van der Waals surface area contributed by atoms with Crippen LogP contribution in [0.15, 0.2) is 47.4 Å². The molecule has 0 aliphatic carbocycles. The van der Waals surface area contributed by atoms with Crippen LogP contribution in [0.4, 0.5) is 0 Å². The van der Waals surface area contributed by atoms with Crippen molar-refractivity contribution in [2.45, 2.75) is 0 Å². The molecule has 1 aliphatic heterocycles. The van der Waals surface area contributed by atoms with Gasteiger partial charge in [0, 0.05) is 6.21 Å². The van der Waals surface area contributed by atoms with Gasteiger partial charge in [-0.2, -0.15) is 0 Å². The van der Waals surface area contributed by atoms with Crippen molar-refractivity contribution in [1.29, 1.82) is 0 Å². The molecular weight excluding hydrogens is 232 g/mol. The molecule has 81 valence electrons. The molecule has 1 aliphatic rings. The summed E-state index contributed by atoms with van der Waals surface area (Å²) >= 11 is 6.03. The van der Waals surface area contributed by atoms with Crippen LogP contribution >= 0.6 is 11.6 Å². The van der Waals surface area contributed by atoms with Gasteiger partial charge in [-0.05, 0) is 35.3 Å². The zero-order valence-corrected chi connectivity index (χ0v) is 9.69. The minimum atomic E-state index is 0.605. The lowest BCUT2D eigenvalue weighted by atomic mass is 9.84. The Kier molecular flexibility index (Phi) is 2.61. The number of rotatable bonds is 2. The molecule has 0 saturated heterocycles. The second-order valence-corrected chi connectivity index (χ2v) is 4.14. The fourth-order valence-corrected chi connectivity index (χ4v) is 1.87.